The van der Waals surface area contributed by atoms with Crippen molar-refractivity contribution in [2.75, 3.05) is 25.2 Å². The van der Waals surface area contributed by atoms with Crippen molar-refractivity contribution < 1.29 is 38.8 Å². The number of nitrogens with zero attached hydrogens (tertiary/aromatic N) is 1. The van der Waals surface area contributed by atoms with Gasteiger partial charge in [-0.2, -0.15) is 0 Å². The van der Waals surface area contributed by atoms with Crippen LogP contribution in [-0.4, -0.2) is 38.4 Å². The topological polar surface area (TPSA) is 128 Å². The van der Waals surface area contributed by atoms with Gasteiger partial charge < -0.3 is 34.0 Å². The van der Waals surface area contributed by atoms with E-state index in [1.807, 2.05) is 0 Å². The Morgan fingerprint density at radius 1 is 1.03 bits per heavy atom. The largest absolute Gasteiger partial charge is 0.545 e. The molecule has 0 unspecified atom stereocenters. The van der Waals surface area contributed by atoms with Crippen molar-refractivity contribution in [2.24, 2.45) is 0 Å². The van der Waals surface area contributed by atoms with E-state index in [4.69, 9.17) is 14.2 Å². The lowest BCUT2D eigenvalue weighted by atomic mass is 10.0. The number of carboxylic acids is 2. The van der Waals surface area contributed by atoms with Gasteiger partial charge in [-0.15, -0.1) is 0 Å². The Labute approximate surface area is 172 Å². The van der Waals surface area contributed by atoms with Crippen LogP contribution in [0.15, 0.2) is 42.5 Å². The molecule has 2 aromatic carbocycles. The SMILES string of the molecule is COC(=O)N(Cc1ccc(C(=O)[O-])c(C(=O)[O-])c1)c1cccc(C2(C)OCCO2)c1. The second-order valence-electron chi connectivity index (χ2n) is 6.70. The van der Waals surface area contributed by atoms with Crippen LogP contribution < -0.4 is 15.1 Å². The molecule has 1 saturated heterocycles. The molecule has 0 N–H and O–H groups in total. The van der Waals surface area contributed by atoms with Gasteiger partial charge in [0.05, 0.1) is 38.8 Å². The number of carbonyl (C=O) groups is 3. The van der Waals surface area contributed by atoms with E-state index in [2.05, 4.69) is 0 Å². The van der Waals surface area contributed by atoms with Crippen LogP contribution in [-0.2, 0) is 26.5 Å². The Kier molecular flexibility index (Phi) is 6.04. The summed E-state index contributed by atoms with van der Waals surface area (Å²) < 4.78 is 16.2. The normalized spacial score (nSPS) is 14.9. The fourth-order valence-electron chi connectivity index (χ4n) is 3.23. The quantitative estimate of drug-likeness (QED) is 0.666. The van der Waals surface area contributed by atoms with Crippen LogP contribution in [0.5, 0.6) is 0 Å². The van der Waals surface area contributed by atoms with Gasteiger partial charge in [-0.3, -0.25) is 4.90 Å². The molecule has 9 nitrogen and oxygen atoms in total. The third-order valence-electron chi connectivity index (χ3n) is 4.78. The number of hydrogen-bond donors (Lipinski definition) is 0. The summed E-state index contributed by atoms with van der Waals surface area (Å²) >= 11 is 0. The van der Waals surface area contributed by atoms with Gasteiger partial charge in [0.15, 0.2) is 5.79 Å². The lowest BCUT2D eigenvalue weighted by molar-refractivity contribution is -0.259. The zero-order valence-electron chi connectivity index (χ0n) is 16.4. The molecule has 2 aromatic rings. The predicted octanol–water partition coefficient (Wildman–Crippen LogP) is 0.406. The Bertz CT molecular complexity index is 981. The third-order valence-corrected chi connectivity index (χ3v) is 4.78. The minimum Gasteiger partial charge on any atom is -0.545 e. The van der Waals surface area contributed by atoms with Gasteiger partial charge in [-0.05, 0) is 30.7 Å². The molecule has 3 rings (SSSR count). The molecule has 1 heterocycles. The number of hydrogen-bond acceptors (Lipinski definition) is 8. The maximum Gasteiger partial charge on any atom is 0.414 e. The summed E-state index contributed by atoms with van der Waals surface area (Å²) in [7, 11) is 1.22. The van der Waals surface area contributed by atoms with Gasteiger partial charge in [-0.1, -0.05) is 24.3 Å². The molecule has 1 fully saturated rings. The molecule has 0 bridgehead atoms. The second-order valence-corrected chi connectivity index (χ2v) is 6.70. The standard InChI is InChI=1S/C21H21NO8/c1-21(29-8-9-30-21)14-4-3-5-15(11-14)22(20(27)28-2)12-13-6-7-16(18(23)24)17(10-13)19(25)26/h3-7,10-11H,8-9,12H2,1-2H3,(H,23,24)(H,25,26)/p-2. The molecule has 1 aliphatic heterocycles. The lowest BCUT2D eigenvalue weighted by Crippen LogP contribution is -2.32. The summed E-state index contributed by atoms with van der Waals surface area (Å²) in [6.45, 7) is 2.57. The van der Waals surface area contributed by atoms with Gasteiger partial charge in [0, 0.05) is 22.4 Å². The molecule has 0 saturated carbocycles. The highest BCUT2D eigenvalue weighted by Crippen LogP contribution is 2.33. The number of carbonyl (C=O) groups excluding carboxylic acids is 3. The molecule has 0 radical (unpaired) electrons. The van der Waals surface area contributed by atoms with Crippen molar-refractivity contribution in [3.8, 4) is 0 Å². The fourth-order valence-corrected chi connectivity index (χ4v) is 3.23. The molecule has 0 spiro atoms. The van der Waals surface area contributed by atoms with Crippen LogP contribution in [0.1, 0.15) is 38.8 Å². The molecule has 9 heteroatoms. The highest BCUT2D eigenvalue weighted by atomic mass is 16.7. The summed E-state index contributed by atoms with van der Waals surface area (Å²) in [6, 6.07) is 10.5. The molecule has 0 aliphatic carbocycles. The highest BCUT2D eigenvalue weighted by molar-refractivity contribution is 6.00. The molecule has 1 amide bonds. The van der Waals surface area contributed by atoms with Crippen molar-refractivity contribution in [3.05, 3.63) is 64.7 Å². The van der Waals surface area contributed by atoms with Crippen molar-refractivity contribution in [1.82, 2.24) is 0 Å². The van der Waals surface area contributed by atoms with Crippen molar-refractivity contribution >= 4 is 23.7 Å². The molecular weight excluding hydrogens is 394 g/mol. The van der Waals surface area contributed by atoms with Crippen LogP contribution in [0.2, 0.25) is 0 Å². The van der Waals surface area contributed by atoms with Crippen LogP contribution in [0.25, 0.3) is 0 Å². The van der Waals surface area contributed by atoms with Gasteiger partial charge in [0.2, 0.25) is 0 Å². The zero-order valence-corrected chi connectivity index (χ0v) is 16.4. The minimum absolute atomic E-state index is 0.0812. The molecule has 0 aromatic heterocycles. The maximum absolute atomic E-state index is 12.4. The number of aromatic carboxylic acids is 2. The first-order valence-corrected chi connectivity index (χ1v) is 9.04. The Morgan fingerprint density at radius 3 is 2.30 bits per heavy atom. The van der Waals surface area contributed by atoms with Crippen molar-refractivity contribution in [1.29, 1.82) is 0 Å². The molecular formula is C21H19NO8-2. The van der Waals surface area contributed by atoms with E-state index < -0.39 is 34.9 Å². The zero-order chi connectivity index (χ0) is 21.9. The first-order valence-electron chi connectivity index (χ1n) is 9.04. The number of carboxylic acid groups (broad SMARTS) is 2. The van der Waals surface area contributed by atoms with E-state index in [0.717, 1.165) is 12.1 Å². The summed E-state index contributed by atoms with van der Waals surface area (Å²) in [5.41, 5.74) is 0.461. The number of rotatable bonds is 6. The average molecular weight is 413 g/mol. The smallest absolute Gasteiger partial charge is 0.414 e. The number of ether oxygens (including phenoxy) is 3. The number of anilines is 1. The summed E-state index contributed by atoms with van der Waals surface area (Å²) in [5.74, 6) is -4.25. The third kappa shape index (κ3) is 4.27. The molecule has 1 aliphatic rings. The number of benzene rings is 2. The van der Waals surface area contributed by atoms with Gasteiger partial charge in [0.25, 0.3) is 0 Å². The van der Waals surface area contributed by atoms with Crippen LogP contribution in [0.4, 0.5) is 10.5 Å². The van der Waals surface area contributed by atoms with Crippen molar-refractivity contribution in [2.45, 2.75) is 19.3 Å². The van der Waals surface area contributed by atoms with Crippen LogP contribution >= 0.6 is 0 Å². The monoisotopic (exact) mass is 413 g/mol. The summed E-state index contributed by atoms with van der Waals surface area (Å²) in [4.78, 5) is 36.1. The average Bonchev–Trinajstić information content (AvgIpc) is 3.19. The summed E-state index contributed by atoms with van der Waals surface area (Å²) in [6.07, 6.45) is -0.690. The number of amides is 1. The van der Waals surface area contributed by atoms with E-state index >= 15 is 0 Å². The Balaban J connectivity index is 1.97. The summed E-state index contributed by atoms with van der Waals surface area (Å²) in [5, 5.41) is 22.4. The molecule has 0 atom stereocenters. The van der Waals surface area contributed by atoms with Crippen molar-refractivity contribution in [3.63, 3.8) is 0 Å². The van der Waals surface area contributed by atoms with E-state index in [9.17, 15) is 24.6 Å². The minimum atomic E-state index is -1.66. The first-order chi connectivity index (χ1) is 14.2. The fraction of sp³-hybridized carbons (Fsp3) is 0.286. The Hall–Kier alpha value is -3.43. The van der Waals surface area contributed by atoms with Gasteiger partial charge in [0.1, 0.15) is 0 Å². The predicted molar refractivity (Wildman–Crippen MR) is 99.4 cm³/mol. The van der Waals surface area contributed by atoms with E-state index in [1.165, 1.54) is 18.1 Å². The van der Waals surface area contributed by atoms with Crippen LogP contribution in [0.3, 0.4) is 0 Å². The molecule has 30 heavy (non-hydrogen) atoms. The Morgan fingerprint density at radius 2 is 1.70 bits per heavy atom. The van der Waals surface area contributed by atoms with Gasteiger partial charge in [-0.25, -0.2) is 4.79 Å². The second kappa shape index (κ2) is 8.52. The number of methoxy groups -OCH3 is 1. The molecule has 158 valence electrons. The van der Waals surface area contributed by atoms with Gasteiger partial charge >= 0.3 is 6.09 Å². The van der Waals surface area contributed by atoms with E-state index in [1.54, 1.807) is 31.2 Å². The lowest BCUT2D eigenvalue weighted by Gasteiger charge is -2.26. The maximum atomic E-state index is 12.4. The van der Waals surface area contributed by atoms with E-state index in [-0.39, 0.29) is 6.54 Å². The highest BCUT2D eigenvalue weighted by Gasteiger charge is 2.33. The van der Waals surface area contributed by atoms with Crippen LogP contribution in [0, 0.1) is 0 Å². The first kappa shape index (κ1) is 21.3. The van der Waals surface area contributed by atoms with E-state index in [0.29, 0.717) is 30.0 Å².